The molecule has 7 heteroatoms. The van der Waals surface area contributed by atoms with Crippen LogP contribution in [0.1, 0.15) is 43.4 Å². The topological polar surface area (TPSA) is 61.9 Å². The van der Waals surface area contributed by atoms with Crippen molar-refractivity contribution in [1.29, 1.82) is 0 Å². The van der Waals surface area contributed by atoms with Crippen LogP contribution in [0.25, 0.3) is 0 Å². The molecule has 0 saturated carbocycles. The van der Waals surface area contributed by atoms with E-state index < -0.39 is 12.0 Å². The third-order valence-corrected chi connectivity index (χ3v) is 7.14. The van der Waals surface area contributed by atoms with E-state index in [1.54, 1.807) is 36.3 Å². The van der Waals surface area contributed by atoms with Crippen molar-refractivity contribution in [2.75, 3.05) is 31.6 Å². The van der Waals surface area contributed by atoms with Gasteiger partial charge in [-0.05, 0) is 66.9 Å². The molecule has 1 saturated heterocycles. The summed E-state index contributed by atoms with van der Waals surface area (Å²) in [6.45, 7) is 5.36. The lowest BCUT2D eigenvalue weighted by atomic mass is 9.83. The average Bonchev–Trinajstić information content (AvgIpc) is 2.95. The molecule has 6 nitrogen and oxygen atoms in total. The fourth-order valence-electron chi connectivity index (χ4n) is 5.09. The number of anilines is 1. The van der Waals surface area contributed by atoms with Crippen LogP contribution in [0, 0.1) is 11.7 Å². The molecule has 0 radical (unpaired) electrons. The average molecular weight is 518 g/mol. The molecular weight excluding hydrogens is 481 g/mol. The van der Waals surface area contributed by atoms with Crippen molar-refractivity contribution < 1.29 is 18.7 Å². The predicted octanol–water partition coefficient (Wildman–Crippen LogP) is 5.35. The predicted molar refractivity (Wildman–Crippen MR) is 147 cm³/mol. The summed E-state index contributed by atoms with van der Waals surface area (Å²) in [5, 5.41) is 3.11. The minimum absolute atomic E-state index is 0.0620. The van der Waals surface area contributed by atoms with Crippen molar-refractivity contribution in [3.05, 3.63) is 95.8 Å². The van der Waals surface area contributed by atoms with Gasteiger partial charge >= 0.3 is 0 Å². The molecule has 0 aliphatic carbocycles. The Morgan fingerprint density at radius 1 is 1.05 bits per heavy atom. The van der Waals surface area contributed by atoms with E-state index in [9.17, 15) is 14.0 Å². The van der Waals surface area contributed by atoms with Gasteiger partial charge in [-0.2, -0.15) is 0 Å². The molecule has 2 amide bonds. The summed E-state index contributed by atoms with van der Waals surface area (Å²) in [7, 11) is 1.59. The van der Waals surface area contributed by atoms with Gasteiger partial charge in [-0.1, -0.05) is 49.4 Å². The second-order valence-electron chi connectivity index (χ2n) is 9.60. The van der Waals surface area contributed by atoms with E-state index in [2.05, 4.69) is 29.3 Å². The van der Waals surface area contributed by atoms with Crippen LogP contribution in [0.5, 0.6) is 5.75 Å². The van der Waals surface area contributed by atoms with Gasteiger partial charge in [0.2, 0.25) is 11.8 Å². The first-order valence-electron chi connectivity index (χ1n) is 13.3. The first-order chi connectivity index (χ1) is 18.5. The van der Waals surface area contributed by atoms with Gasteiger partial charge in [0.1, 0.15) is 11.6 Å². The number of nitrogens with one attached hydrogen (secondary N) is 1. The van der Waals surface area contributed by atoms with Crippen molar-refractivity contribution in [2.45, 2.75) is 38.8 Å². The summed E-state index contributed by atoms with van der Waals surface area (Å²) in [4.78, 5) is 30.7. The summed E-state index contributed by atoms with van der Waals surface area (Å²) in [5.74, 6) is -0.278. The first kappa shape index (κ1) is 27.3. The van der Waals surface area contributed by atoms with E-state index in [-0.39, 0.29) is 24.1 Å². The molecule has 38 heavy (non-hydrogen) atoms. The van der Waals surface area contributed by atoms with Gasteiger partial charge in [-0.25, -0.2) is 4.39 Å². The molecule has 3 aromatic carbocycles. The molecule has 3 aromatic rings. The Balaban J connectivity index is 1.46. The highest BCUT2D eigenvalue weighted by Gasteiger charge is 2.41. The van der Waals surface area contributed by atoms with Gasteiger partial charge in [-0.3, -0.25) is 14.5 Å². The Hall–Kier alpha value is -3.71. The number of rotatable bonds is 11. The number of carbonyl (C=O) groups is 2. The second-order valence-corrected chi connectivity index (χ2v) is 9.60. The van der Waals surface area contributed by atoms with E-state index in [0.29, 0.717) is 24.4 Å². The van der Waals surface area contributed by atoms with Gasteiger partial charge in [-0.15, -0.1) is 0 Å². The number of piperidine rings is 1. The lowest BCUT2D eigenvalue weighted by molar-refractivity contribution is -0.129. The number of nitrogens with zero attached hydrogens (tertiary/aromatic N) is 2. The molecule has 200 valence electrons. The number of hydrogen-bond acceptors (Lipinski definition) is 4. The highest BCUT2D eigenvalue weighted by molar-refractivity contribution is 5.97. The molecular formula is C31H36FN3O3. The highest BCUT2D eigenvalue weighted by atomic mass is 19.1. The van der Waals surface area contributed by atoms with Crippen LogP contribution >= 0.6 is 0 Å². The van der Waals surface area contributed by atoms with E-state index in [0.717, 1.165) is 31.6 Å². The quantitative estimate of drug-likeness (QED) is 0.349. The number of carbonyl (C=O) groups excluding carboxylic acids is 2. The summed E-state index contributed by atoms with van der Waals surface area (Å²) in [6.07, 6.45) is 1.53. The Labute approximate surface area is 224 Å². The van der Waals surface area contributed by atoms with Crippen LogP contribution in [-0.4, -0.2) is 43.5 Å². The molecule has 0 unspecified atom stereocenters. The molecule has 4 rings (SSSR count). The molecule has 1 N–H and O–H groups in total. The number of hydrogen-bond donors (Lipinski definition) is 1. The van der Waals surface area contributed by atoms with Crippen molar-refractivity contribution in [3.63, 3.8) is 0 Å². The normalized spacial score (nSPS) is 17.5. The minimum Gasteiger partial charge on any atom is -0.497 e. The van der Waals surface area contributed by atoms with Crippen molar-refractivity contribution in [3.8, 4) is 5.75 Å². The molecule has 0 spiro atoms. The monoisotopic (exact) mass is 517 g/mol. The third-order valence-electron chi connectivity index (χ3n) is 7.14. The maximum Gasteiger partial charge on any atom is 0.227 e. The Bertz CT molecular complexity index is 1190. The molecule has 2 atom stereocenters. The van der Waals surface area contributed by atoms with Crippen LogP contribution in [-0.2, 0) is 16.1 Å². The van der Waals surface area contributed by atoms with E-state index in [4.69, 9.17) is 4.74 Å². The lowest BCUT2D eigenvalue weighted by Gasteiger charge is -2.41. The third kappa shape index (κ3) is 6.78. The summed E-state index contributed by atoms with van der Waals surface area (Å²) in [5.41, 5.74) is 2.68. The Kier molecular flexibility index (Phi) is 9.49. The molecule has 1 aliphatic rings. The Morgan fingerprint density at radius 2 is 1.76 bits per heavy atom. The fraction of sp³-hybridized carbons (Fsp3) is 0.355. The first-order valence-corrected chi connectivity index (χ1v) is 13.3. The van der Waals surface area contributed by atoms with Gasteiger partial charge < -0.3 is 15.0 Å². The summed E-state index contributed by atoms with van der Waals surface area (Å²) < 4.78 is 19.0. The van der Waals surface area contributed by atoms with E-state index in [1.165, 1.54) is 17.7 Å². The maximum atomic E-state index is 13.7. The zero-order valence-electron chi connectivity index (χ0n) is 22.1. The highest BCUT2D eigenvalue weighted by Crippen LogP contribution is 2.40. The molecule has 0 aromatic heterocycles. The van der Waals surface area contributed by atoms with Gasteiger partial charge in [0.15, 0.2) is 0 Å². The van der Waals surface area contributed by atoms with Crippen LogP contribution in [0.15, 0.2) is 78.9 Å². The number of amides is 2. The van der Waals surface area contributed by atoms with Crippen molar-refractivity contribution in [2.24, 2.45) is 5.92 Å². The largest absolute Gasteiger partial charge is 0.497 e. The standard InChI is InChI=1S/C31H36FN3O3/c1-3-34(22-23-8-5-4-6-9-23)21-7-20-33-31(37)28-18-19-29(36)35(26-14-16-27(38-2)17-15-26)30(28)24-10-12-25(32)13-11-24/h4-6,8-17,28,30H,3,7,18-22H2,1-2H3,(H,33,37)/t28-,30+/m1/s1. The summed E-state index contributed by atoms with van der Waals surface area (Å²) >= 11 is 0. The molecule has 1 heterocycles. The zero-order chi connectivity index (χ0) is 26.9. The van der Waals surface area contributed by atoms with Crippen molar-refractivity contribution in [1.82, 2.24) is 10.2 Å². The van der Waals surface area contributed by atoms with Gasteiger partial charge in [0.25, 0.3) is 0 Å². The van der Waals surface area contributed by atoms with Crippen LogP contribution in [0.2, 0.25) is 0 Å². The number of benzene rings is 3. The van der Waals surface area contributed by atoms with Crippen LogP contribution in [0.3, 0.4) is 0 Å². The molecule has 1 fully saturated rings. The summed E-state index contributed by atoms with van der Waals surface area (Å²) in [6, 6.07) is 23.1. The number of halogens is 1. The fourth-order valence-corrected chi connectivity index (χ4v) is 5.09. The van der Waals surface area contributed by atoms with E-state index >= 15 is 0 Å². The van der Waals surface area contributed by atoms with Crippen LogP contribution in [0.4, 0.5) is 10.1 Å². The van der Waals surface area contributed by atoms with E-state index in [1.807, 2.05) is 30.3 Å². The smallest absolute Gasteiger partial charge is 0.227 e. The van der Waals surface area contributed by atoms with Gasteiger partial charge in [0.05, 0.1) is 19.1 Å². The number of ether oxygens (including phenoxy) is 1. The second kappa shape index (κ2) is 13.2. The van der Waals surface area contributed by atoms with Gasteiger partial charge in [0, 0.05) is 31.7 Å². The SMILES string of the molecule is CCN(CCCNC(=O)[C@@H]1CCC(=O)N(c2ccc(OC)cc2)[C@H]1c1ccc(F)cc1)Cc1ccccc1. The molecule has 0 bridgehead atoms. The number of methoxy groups -OCH3 is 1. The Morgan fingerprint density at radius 3 is 2.42 bits per heavy atom. The van der Waals surface area contributed by atoms with Crippen LogP contribution < -0.4 is 15.0 Å². The zero-order valence-corrected chi connectivity index (χ0v) is 22.1. The maximum absolute atomic E-state index is 13.7. The lowest BCUT2D eigenvalue weighted by Crippen LogP contribution is -2.48. The van der Waals surface area contributed by atoms with Crippen molar-refractivity contribution >= 4 is 17.5 Å². The minimum atomic E-state index is -0.532. The molecule has 1 aliphatic heterocycles.